The van der Waals surface area contributed by atoms with E-state index in [0.29, 0.717) is 24.7 Å². The van der Waals surface area contributed by atoms with Gasteiger partial charge in [-0.15, -0.1) is 0 Å². The molecule has 288 valence electrons. The lowest BCUT2D eigenvalue weighted by Gasteiger charge is -2.36. The molecule has 0 aromatic carbocycles. The minimum atomic E-state index is -1.43. The molecule has 0 aliphatic heterocycles. The molecule has 2 aliphatic rings. The minimum Gasteiger partial charge on any atom is -0.392 e. The van der Waals surface area contributed by atoms with E-state index >= 15 is 0 Å². The first-order valence-electron chi connectivity index (χ1n) is 20.8. The number of unbranched alkanes of at least 4 members (excludes halogenated alkanes) is 12. The molecule has 0 aromatic rings. The van der Waals surface area contributed by atoms with E-state index in [-0.39, 0.29) is 18.0 Å². The summed E-state index contributed by atoms with van der Waals surface area (Å²) in [5.74, 6) is 0.801. The summed E-state index contributed by atoms with van der Waals surface area (Å²) >= 11 is 0. The number of nitrogens with one attached hydrogen (secondary N) is 2. The van der Waals surface area contributed by atoms with Crippen molar-refractivity contribution in [3.05, 3.63) is 11.6 Å². The molecule has 1 amide bonds. The molecule has 0 spiro atoms. The number of aliphatic hydroxyl groups excluding tert-OH is 5. The minimum absolute atomic E-state index is 0.0665. The highest BCUT2D eigenvalue weighted by Crippen LogP contribution is 2.30. The zero-order valence-corrected chi connectivity index (χ0v) is 31.6. The van der Waals surface area contributed by atoms with Gasteiger partial charge in [-0.2, -0.15) is 0 Å². The van der Waals surface area contributed by atoms with Gasteiger partial charge in [0.2, 0.25) is 5.91 Å². The maximum Gasteiger partial charge on any atom is 0.220 e. The Hall–Kier alpha value is -1.03. The largest absolute Gasteiger partial charge is 0.392 e. The number of carbonyl (C=O) groups excluding carboxylic acids is 1. The average molecular weight is 695 g/mol. The molecule has 0 heterocycles. The Labute approximate surface area is 300 Å². The van der Waals surface area contributed by atoms with E-state index in [1.54, 1.807) is 6.08 Å². The first kappa shape index (κ1) is 44.1. The fraction of sp³-hybridized carbons (Fsp3) is 0.927. The predicted octanol–water partition coefficient (Wildman–Crippen LogP) is 7.23. The fourth-order valence-electron chi connectivity index (χ4n) is 7.96. The SMILES string of the molecule is CCCCCCCCCCCCCCCC(=O)N[C@@H](CN[C@@H]1C=C(CO)C(O)C(O)[C@H]1O)C(O)CC1CCCCCCCCCCCC1C. The lowest BCUT2D eigenvalue weighted by molar-refractivity contribution is -0.123. The van der Waals surface area contributed by atoms with Crippen LogP contribution in [0.2, 0.25) is 0 Å². The summed E-state index contributed by atoms with van der Waals surface area (Å²) in [5, 5.41) is 58.9. The van der Waals surface area contributed by atoms with Crippen molar-refractivity contribution in [2.45, 2.75) is 217 Å². The molecule has 49 heavy (non-hydrogen) atoms. The number of hydrogen-bond acceptors (Lipinski definition) is 7. The van der Waals surface area contributed by atoms with E-state index in [1.165, 1.54) is 122 Å². The lowest BCUT2D eigenvalue weighted by Crippen LogP contribution is -2.58. The Bertz CT molecular complexity index is 856. The molecule has 1 fully saturated rings. The van der Waals surface area contributed by atoms with Crippen LogP contribution in [0, 0.1) is 11.8 Å². The zero-order chi connectivity index (χ0) is 35.7. The van der Waals surface area contributed by atoms with Gasteiger partial charge in [-0.05, 0) is 30.3 Å². The van der Waals surface area contributed by atoms with Gasteiger partial charge in [-0.25, -0.2) is 0 Å². The second kappa shape index (κ2) is 27.6. The highest BCUT2D eigenvalue weighted by Gasteiger charge is 2.37. The van der Waals surface area contributed by atoms with E-state index in [0.717, 1.165) is 32.1 Å². The van der Waals surface area contributed by atoms with Crippen LogP contribution in [-0.2, 0) is 4.79 Å². The van der Waals surface area contributed by atoms with Gasteiger partial charge in [0, 0.05) is 13.0 Å². The molecule has 8 nitrogen and oxygen atoms in total. The van der Waals surface area contributed by atoms with Gasteiger partial charge in [-0.3, -0.25) is 4.79 Å². The van der Waals surface area contributed by atoms with Crippen molar-refractivity contribution in [2.24, 2.45) is 11.8 Å². The summed E-state index contributed by atoms with van der Waals surface area (Å²) in [6.07, 6.45) is 27.8. The molecule has 1 saturated carbocycles. The van der Waals surface area contributed by atoms with Crippen molar-refractivity contribution in [3.8, 4) is 0 Å². The van der Waals surface area contributed by atoms with Crippen molar-refractivity contribution in [1.82, 2.24) is 10.6 Å². The molecule has 0 saturated heterocycles. The first-order chi connectivity index (χ1) is 23.8. The fourth-order valence-corrected chi connectivity index (χ4v) is 7.96. The van der Waals surface area contributed by atoms with Crippen LogP contribution in [-0.4, -0.2) is 81.1 Å². The van der Waals surface area contributed by atoms with Crippen molar-refractivity contribution in [1.29, 1.82) is 0 Å². The third-order valence-electron chi connectivity index (χ3n) is 11.5. The van der Waals surface area contributed by atoms with Gasteiger partial charge >= 0.3 is 0 Å². The quantitative estimate of drug-likeness (QED) is 0.0468. The van der Waals surface area contributed by atoms with Crippen molar-refractivity contribution in [2.75, 3.05) is 13.2 Å². The summed E-state index contributed by atoms with van der Waals surface area (Å²) < 4.78 is 0. The van der Waals surface area contributed by atoms with E-state index in [1.807, 2.05) is 0 Å². The van der Waals surface area contributed by atoms with Crippen LogP contribution in [0.3, 0.4) is 0 Å². The van der Waals surface area contributed by atoms with Crippen molar-refractivity contribution in [3.63, 3.8) is 0 Å². The Morgan fingerprint density at radius 1 is 0.755 bits per heavy atom. The van der Waals surface area contributed by atoms with Crippen LogP contribution in [0.4, 0.5) is 0 Å². The number of carbonyl (C=O) groups is 1. The standard InChI is InChI=1S/C41H78N2O6/c1-3-4-5-6-7-8-9-10-11-15-18-21-24-27-38(46)43-36(30-42-35-28-34(31-44)39(47)41(49)40(35)48)37(45)29-33-26-23-20-17-14-12-13-16-19-22-25-32(33)2/h28,32-33,35-37,39-42,44-45,47-49H,3-27,29-31H2,1-2H3,(H,43,46)/t32?,33?,35-,36+,37?,39?,40+,41?/m1/s1. The number of hydrogen-bond donors (Lipinski definition) is 7. The van der Waals surface area contributed by atoms with Crippen LogP contribution >= 0.6 is 0 Å². The molecular formula is C41H78N2O6. The van der Waals surface area contributed by atoms with Crippen LogP contribution in [0.5, 0.6) is 0 Å². The second-order valence-electron chi connectivity index (χ2n) is 15.7. The summed E-state index contributed by atoms with van der Waals surface area (Å²) in [5.41, 5.74) is 0.247. The smallest absolute Gasteiger partial charge is 0.220 e. The normalized spacial score (nSPS) is 27.3. The lowest BCUT2D eigenvalue weighted by atomic mass is 9.80. The topological polar surface area (TPSA) is 142 Å². The van der Waals surface area contributed by atoms with E-state index in [9.17, 15) is 30.3 Å². The highest BCUT2D eigenvalue weighted by atomic mass is 16.4. The second-order valence-corrected chi connectivity index (χ2v) is 15.7. The van der Waals surface area contributed by atoms with Crippen LogP contribution < -0.4 is 10.6 Å². The molecule has 0 aromatic heterocycles. The van der Waals surface area contributed by atoms with Gasteiger partial charge in [0.25, 0.3) is 0 Å². The maximum atomic E-state index is 13.2. The molecule has 5 unspecified atom stereocenters. The number of amides is 1. The average Bonchev–Trinajstić information content (AvgIpc) is 3.11. The summed E-state index contributed by atoms with van der Waals surface area (Å²) in [4.78, 5) is 13.2. The highest BCUT2D eigenvalue weighted by molar-refractivity contribution is 5.76. The molecule has 7 N–H and O–H groups in total. The Kier molecular flexibility index (Phi) is 24.9. The van der Waals surface area contributed by atoms with E-state index < -0.39 is 43.1 Å². The van der Waals surface area contributed by atoms with Gasteiger partial charge in [0.1, 0.15) is 18.3 Å². The predicted molar refractivity (Wildman–Crippen MR) is 201 cm³/mol. The molecular weight excluding hydrogens is 616 g/mol. The van der Waals surface area contributed by atoms with Crippen molar-refractivity contribution < 1.29 is 30.3 Å². The molecule has 8 heteroatoms. The Morgan fingerprint density at radius 3 is 1.82 bits per heavy atom. The van der Waals surface area contributed by atoms with E-state index in [2.05, 4.69) is 24.5 Å². The third-order valence-corrected chi connectivity index (χ3v) is 11.5. The van der Waals surface area contributed by atoms with E-state index in [4.69, 9.17) is 0 Å². The van der Waals surface area contributed by atoms with Gasteiger partial charge in [0.05, 0.1) is 24.8 Å². The Balaban J connectivity index is 1.91. The summed E-state index contributed by atoms with van der Waals surface area (Å²) in [6, 6.07) is -1.29. The maximum absolute atomic E-state index is 13.2. The molecule has 8 atom stereocenters. The summed E-state index contributed by atoms with van der Waals surface area (Å²) in [6.45, 7) is 4.36. The molecule has 2 aliphatic carbocycles. The first-order valence-corrected chi connectivity index (χ1v) is 20.8. The van der Waals surface area contributed by atoms with Gasteiger partial charge < -0.3 is 36.2 Å². The monoisotopic (exact) mass is 695 g/mol. The summed E-state index contributed by atoms with van der Waals surface area (Å²) in [7, 11) is 0. The van der Waals surface area contributed by atoms with Gasteiger partial charge in [0.15, 0.2) is 0 Å². The molecule has 0 radical (unpaired) electrons. The van der Waals surface area contributed by atoms with Crippen molar-refractivity contribution >= 4 is 5.91 Å². The zero-order valence-electron chi connectivity index (χ0n) is 31.6. The Morgan fingerprint density at radius 2 is 1.27 bits per heavy atom. The van der Waals surface area contributed by atoms with Crippen LogP contribution in [0.25, 0.3) is 0 Å². The number of aliphatic hydroxyl groups is 5. The van der Waals surface area contributed by atoms with Crippen LogP contribution in [0.1, 0.15) is 181 Å². The molecule has 0 bridgehead atoms. The van der Waals surface area contributed by atoms with Crippen LogP contribution in [0.15, 0.2) is 11.6 Å². The third kappa shape index (κ3) is 18.9. The van der Waals surface area contributed by atoms with Gasteiger partial charge in [-0.1, -0.05) is 168 Å². The molecule has 2 rings (SSSR count). The number of rotatable bonds is 22.